The summed E-state index contributed by atoms with van der Waals surface area (Å²) < 4.78 is 45.2. The Balaban J connectivity index is 1.24. The maximum Gasteiger partial charge on any atom is 0.417 e. The molecule has 1 saturated heterocycles. The summed E-state index contributed by atoms with van der Waals surface area (Å²) >= 11 is 0. The first kappa shape index (κ1) is 27.3. The first-order chi connectivity index (χ1) is 19.1. The normalized spacial score (nSPS) is 16.1. The summed E-state index contributed by atoms with van der Waals surface area (Å²) in [5.74, 6) is -0.267. The fourth-order valence-corrected chi connectivity index (χ4v) is 4.73. The summed E-state index contributed by atoms with van der Waals surface area (Å²) in [6.07, 6.45) is 1.84. The third-order valence-corrected chi connectivity index (χ3v) is 6.95. The fraction of sp³-hybridized carbons (Fsp3) is 0.370. The number of pyridine rings is 2. The minimum Gasteiger partial charge on any atom is -0.378 e. The van der Waals surface area contributed by atoms with E-state index in [9.17, 15) is 22.8 Å². The number of nitrogens with zero attached hydrogens (tertiary/aromatic N) is 6. The Morgan fingerprint density at radius 2 is 1.77 bits per heavy atom. The van der Waals surface area contributed by atoms with Crippen molar-refractivity contribution in [2.45, 2.75) is 26.4 Å². The summed E-state index contributed by atoms with van der Waals surface area (Å²) in [6, 6.07) is 3.96. The van der Waals surface area contributed by atoms with Gasteiger partial charge in [0.25, 0.3) is 5.91 Å². The molecule has 3 aromatic rings. The summed E-state index contributed by atoms with van der Waals surface area (Å²) in [4.78, 5) is 37.8. The van der Waals surface area contributed by atoms with Gasteiger partial charge in [0.1, 0.15) is 0 Å². The minimum absolute atomic E-state index is 0.0223. The van der Waals surface area contributed by atoms with Crippen molar-refractivity contribution in [1.29, 1.82) is 0 Å². The number of carbonyl (C=O) groups is 2. The van der Waals surface area contributed by atoms with Crippen molar-refractivity contribution < 1.29 is 27.5 Å². The van der Waals surface area contributed by atoms with Crippen LogP contribution in [0.25, 0.3) is 11.4 Å². The molecule has 1 N–H and O–H groups in total. The molecule has 0 saturated carbocycles. The van der Waals surface area contributed by atoms with Gasteiger partial charge in [-0.25, -0.2) is 14.5 Å². The lowest BCUT2D eigenvalue weighted by Gasteiger charge is -2.34. The lowest BCUT2D eigenvalue weighted by molar-refractivity contribution is -0.137. The van der Waals surface area contributed by atoms with Crippen molar-refractivity contribution in [3.8, 4) is 5.82 Å². The van der Waals surface area contributed by atoms with E-state index >= 15 is 0 Å². The summed E-state index contributed by atoms with van der Waals surface area (Å²) in [6.45, 7) is 6.97. The number of rotatable bonds is 4. The van der Waals surface area contributed by atoms with Gasteiger partial charge in [0.15, 0.2) is 5.82 Å². The Kier molecular flexibility index (Phi) is 7.57. The molecule has 0 aromatic carbocycles. The van der Waals surface area contributed by atoms with Crippen LogP contribution in [0.5, 0.6) is 0 Å². The molecule has 0 radical (unpaired) electrons. The molecule has 0 atom stereocenters. The van der Waals surface area contributed by atoms with Gasteiger partial charge in [-0.2, -0.15) is 18.3 Å². The molecule has 1 fully saturated rings. The van der Waals surface area contributed by atoms with Crippen molar-refractivity contribution in [3.05, 3.63) is 70.9 Å². The predicted molar refractivity (Wildman–Crippen MR) is 140 cm³/mol. The molecule has 5 heterocycles. The van der Waals surface area contributed by atoms with Gasteiger partial charge in [0, 0.05) is 32.4 Å². The van der Waals surface area contributed by atoms with Gasteiger partial charge in [0.2, 0.25) is 0 Å². The molecular weight excluding hydrogens is 527 g/mol. The molecule has 5 rings (SSSR count). The van der Waals surface area contributed by atoms with E-state index in [1.54, 1.807) is 13.1 Å². The van der Waals surface area contributed by atoms with Crippen LogP contribution in [0.1, 0.15) is 39.3 Å². The molecule has 2 aliphatic heterocycles. The molecule has 13 heteroatoms. The van der Waals surface area contributed by atoms with Crippen molar-refractivity contribution in [3.63, 3.8) is 0 Å². The van der Waals surface area contributed by atoms with Crippen molar-refractivity contribution in [2.24, 2.45) is 0 Å². The maximum absolute atomic E-state index is 13.0. The molecular formula is C27H28F3N7O3. The number of carbonyl (C=O) groups excluding carboxylic acids is 2. The Labute approximate surface area is 228 Å². The largest absolute Gasteiger partial charge is 0.417 e. The fourth-order valence-electron chi connectivity index (χ4n) is 4.73. The van der Waals surface area contributed by atoms with Gasteiger partial charge < -0.3 is 19.9 Å². The second-order valence-corrected chi connectivity index (χ2v) is 9.61. The van der Waals surface area contributed by atoms with Crippen LogP contribution in [0.2, 0.25) is 0 Å². The highest BCUT2D eigenvalue weighted by Crippen LogP contribution is 2.29. The maximum atomic E-state index is 13.0. The molecule has 2 aliphatic rings. The third-order valence-electron chi connectivity index (χ3n) is 6.95. The number of halogens is 3. The highest BCUT2D eigenvalue weighted by Gasteiger charge is 2.31. The Morgan fingerprint density at radius 3 is 2.40 bits per heavy atom. The van der Waals surface area contributed by atoms with Gasteiger partial charge in [-0.3, -0.25) is 9.78 Å². The second-order valence-electron chi connectivity index (χ2n) is 9.61. The molecule has 3 aromatic heterocycles. The minimum atomic E-state index is -4.49. The van der Waals surface area contributed by atoms with E-state index in [1.807, 2.05) is 28.9 Å². The zero-order chi connectivity index (χ0) is 28.4. The Bertz CT molecular complexity index is 1440. The summed E-state index contributed by atoms with van der Waals surface area (Å²) in [7, 11) is 0. The van der Waals surface area contributed by atoms with Crippen LogP contribution in [-0.4, -0.2) is 80.9 Å². The van der Waals surface area contributed by atoms with Crippen molar-refractivity contribution in [1.82, 2.24) is 29.5 Å². The topological polar surface area (TPSA) is 105 Å². The molecule has 0 unspecified atom stereocenters. The standard InChI is InChI=1S/C27H28F3N7O3/c1-17-13-21(15-32-24(17)19-5-7-35(8-6-19)26(39)36-9-11-40-12-10-36)34-25(38)22-16-33-37(18(22)2)23-4-3-20(14-31-23)27(28,29)30/h3-5,13-16H,6-12H2,1-2H3,(H,34,38). The average Bonchev–Trinajstić information content (AvgIpc) is 3.34. The smallest absolute Gasteiger partial charge is 0.378 e. The van der Waals surface area contributed by atoms with Gasteiger partial charge in [-0.15, -0.1) is 0 Å². The molecule has 3 amide bonds. The van der Waals surface area contributed by atoms with Crippen molar-refractivity contribution >= 4 is 23.2 Å². The average molecular weight is 556 g/mol. The molecule has 0 bridgehead atoms. The second kappa shape index (κ2) is 11.1. The number of morpholine rings is 1. The molecule has 210 valence electrons. The van der Waals surface area contributed by atoms with Crippen LogP contribution in [0, 0.1) is 13.8 Å². The van der Waals surface area contributed by atoms with Crippen LogP contribution in [0.3, 0.4) is 0 Å². The van der Waals surface area contributed by atoms with E-state index in [1.165, 1.54) is 16.9 Å². The number of anilines is 1. The van der Waals surface area contributed by atoms with Gasteiger partial charge in [-0.05, 0) is 49.6 Å². The molecule has 0 spiro atoms. The molecule has 10 nitrogen and oxygen atoms in total. The van der Waals surface area contributed by atoms with Gasteiger partial charge in [0.05, 0.1) is 53.8 Å². The van der Waals surface area contributed by atoms with E-state index < -0.39 is 17.6 Å². The number of hydrogen-bond donors (Lipinski definition) is 1. The first-order valence-electron chi connectivity index (χ1n) is 12.8. The Hall–Kier alpha value is -4.26. The van der Waals surface area contributed by atoms with Crippen LogP contribution in [0.4, 0.5) is 23.7 Å². The van der Waals surface area contributed by atoms with E-state index in [0.29, 0.717) is 57.2 Å². The molecule has 40 heavy (non-hydrogen) atoms. The van der Waals surface area contributed by atoms with Crippen LogP contribution in [-0.2, 0) is 10.9 Å². The van der Waals surface area contributed by atoms with Gasteiger partial charge >= 0.3 is 12.2 Å². The zero-order valence-electron chi connectivity index (χ0n) is 22.0. The molecule has 0 aliphatic carbocycles. The highest BCUT2D eigenvalue weighted by molar-refractivity contribution is 6.05. The number of aromatic nitrogens is 4. The number of alkyl halides is 3. The number of urea groups is 1. The first-order valence-corrected chi connectivity index (χ1v) is 12.8. The SMILES string of the molecule is Cc1cc(NC(=O)c2cnn(-c3ccc(C(F)(F)F)cn3)c2C)cnc1C1=CCN(C(=O)N2CCOCC2)CC1. The van der Waals surface area contributed by atoms with E-state index in [0.717, 1.165) is 29.1 Å². The Morgan fingerprint density at radius 1 is 1.00 bits per heavy atom. The highest BCUT2D eigenvalue weighted by atomic mass is 19.4. The quantitative estimate of drug-likeness (QED) is 0.520. The van der Waals surface area contributed by atoms with Crippen LogP contribution < -0.4 is 5.32 Å². The number of ether oxygens (including phenoxy) is 1. The van der Waals surface area contributed by atoms with Crippen LogP contribution in [0.15, 0.2) is 42.9 Å². The third kappa shape index (κ3) is 5.69. The zero-order valence-corrected chi connectivity index (χ0v) is 22.0. The monoisotopic (exact) mass is 555 g/mol. The lowest BCUT2D eigenvalue weighted by Crippen LogP contribution is -2.49. The van der Waals surface area contributed by atoms with Gasteiger partial charge in [-0.1, -0.05) is 6.08 Å². The van der Waals surface area contributed by atoms with E-state index in [2.05, 4.69) is 20.4 Å². The van der Waals surface area contributed by atoms with E-state index in [4.69, 9.17) is 4.74 Å². The number of hydrogen-bond acceptors (Lipinski definition) is 6. The van der Waals surface area contributed by atoms with Crippen LogP contribution >= 0.6 is 0 Å². The summed E-state index contributed by atoms with van der Waals surface area (Å²) in [5, 5.41) is 6.94. The number of nitrogens with one attached hydrogen (secondary N) is 1. The lowest BCUT2D eigenvalue weighted by atomic mass is 10.0. The number of aryl methyl sites for hydroxylation is 1. The predicted octanol–water partition coefficient (Wildman–Crippen LogP) is 4.09. The van der Waals surface area contributed by atoms with E-state index in [-0.39, 0.29) is 17.4 Å². The van der Waals surface area contributed by atoms with Crippen molar-refractivity contribution in [2.75, 3.05) is 44.7 Å². The number of amides is 3. The summed E-state index contributed by atoms with van der Waals surface area (Å²) in [5.41, 5.74) is 3.03.